The molecule has 2 aromatic heterocycles. The van der Waals surface area contributed by atoms with Gasteiger partial charge >= 0.3 is 0 Å². The van der Waals surface area contributed by atoms with E-state index in [0.29, 0.717) is 18.9 Å². The van der Waals surface area contributed by atoms with Crippen molar-refractivity contribution in [1.29, 1.82) is 0 Å². The fourth-order valence-electron chi connectivity index (χ4n) is 3.15. The van der Waals surface area contributed by atoms with E-state index < -0.39 is 0 Å². The smallest absolute Gasteiger partial charge is 0.272 e. The highest BCUT2D eigenvalue weighted by Gasteiger charge is 2.30. The summed E-state index contributed by atoms with van der Waals surface area (Å²) in [7, 11) is 0. The van der Waals surface area contributed by atoms with Gasteiger partial charge in [-0.1, -0.05) is 18.2 Å². The highest BCUT2D eigenvalue weighted by atomic mass is 16.5. The molecule has 1 saturated heterocycles. The minimum Gasteiger partial charge on any atom is -0.379 e. The van der Waals surface area contributed by atoms with Crippen molar-refractivity contribution in [2.75, 3.05) is 13.2 Å². The molecule has 0 saturated carbocycles. The van der Waals surface area contributed by atoms with Crippen molar-refractivity contribution in [2.24, 2.45) is 5.92 Å². The Morgan fingerprint density at radius 2 is 2.04 bits per heavy atom. The summed E-state index contributed by atoms with van der Waals surface area (Å²) in [4.78, 5) is 16.7. The van der Waals surface area contributed by atoms with Crippen LogP contribution in [0.4, 0.5) is 0 Å². The van der Waals surface area contributed by atoms with Crippen molar-refractivity contribution >= 4 is 16.8 Å². The van der Waals surface area contributed by atoms with Crippen LogP contribution < -0.4 is 5.32 Å². The van der Waals surface area contributed by atoms with Crippen LogP contribution in [0.1, 0.15) is 16.1 Å². The monoisotopic (exact) mass is 322 g/mol. The van der Waals surface area contributed by atoms with Gasteiger partial charge < -0.3 is 10.1 Å². The second kappa shape index (κ2) is 6.41. The second-order valence-electron chi connectivity index (χ2n) is 6.05. The maximum absolute atomic E-state index is 12.6. The van der Waals surface area contributed by atoms with Gasteiger partial charge in [0, 0.05) is 23.7 Å². The van der Waals surface area contributed by atoms with E-state index >= 15 is 0 Å². The average molecular weight is 322 g/mol. The number of fused-ring (bicyclic) bond motifs is 1. The summed E-state index contributed by atoms with van der Waals surface area (Å²) in [6.45, 7) is 1.18. The van der Waals surface area contributed by atoms with Crippen LogP contribution in [-0.2, 0) is 11.2 Å². The maximum Gasteiger partial charge on any atom is 0.272 e. The molecule has 1 aromatic carbocycles. The van der Waals surface area contributed by atoms with E-state index in [-0.39, 0.29) is 17.9 Å². The third-order valence-corrected chi connectivity index (χ3v) is 4.45. The molecule has 3 heterocycles. The minimum atomic E-state index is -0.164. The fraction of sp³-hybridized carbons (Fsp3) is 0.278. The molecule has 2 N–H and O–H groups in total. The summed E-state index contributed by atoms with van der Waals surface area (Å²) < 4.78 is 5.59. The summed E-state index contributed by atoms with van der Waals surface area (Å²) in [6, 6.07) is 11.6. The Bertz CT molecular complexity index is 846. The molecule has 1 fully saturated rings. The molecule has 122 valence electrons. The van der Waals surface area contributed by atoms with Gasteiger partial charge in [-0.05, 0) is 30.2 Å². The van der Waals surface area contributed by atoms with Crippen molar-refractivity contribution < 1.29 is 9.53 Å². The largest absolute Gasteiger partial charge is 0.379 e. The molecule has 0 aliphatic carbocycles. The van der Waals surface area contributed by atoms with Crippen LogP contribution in [0.25, 0.3) is 10.9 Å². The first-order chi connectivity index (χ1) is 11.8. The van der Waals surface area contributed by atoms with Crippen LogP contribution in [0.3, 0.4) is 0 Å². The molecule has 6 heteroatoms. The predicted molar refractivity (Wildman–Crippen MR) is 89.6 cm³/mol. The van der Waals surface area contributed by atoms with Gasteiger partial charge in [0.05, 0.1) is 24.8 Å². The van der Waals surface area contributed by atoms with E-state index in [1.807, 2.05) is 36.4 Å². The van der Waals surface area contributed by atoms with E-state index in [1.165, 1.54) is 5.56 Å². The Kier molecular flexibility index (Phi) is 3.96. The number of benzene rings is 1. The molecule has 2 atom stereocenters. The number of carbonyl (C=O) groups excluding carboxylic acids is 1. The van der Waals surface area contributed by atoms with Crippen LogP contribution in [0.5, 0.6) is 0 Å². The number of carbonyl (C=O) groups is 1. The molecule has 0 unspecified atom stereocenters. The van der Waals surface area contributed by atoms with Crippen LogP contribution in [0.2, 0.25) is 0 Å². The molecule has 1 aliphatic heterocycles. The molecular weight excluding hydrogens is 304 g/mol. The number of pyridine rings is 1. The zero-order valence-electron chi connectivity index (χ0n) is 13.1. The predicted octanol–water partition coefficient (Wildman–Crippen LogP) is 1.95. The first-order valence-electron chi connectivity index (χ1n) is 8.02. The summed E-state index contributed by atoms with van der Waals surface area (Å²) in [6.07, 6.45) is 4.43. The number of aromatic nitrogens is 3. The zero-order valence-corrected chi connectivity index (χ0v) is 13.1. The summed E-state index contributed by atoms with van der Waals surface area (Å²) in [5.74, 6) is 0.0873. The van der Waals surface area contributed by atoms with E-state index in [4.69, 9.17) is 4.74 Å². The molecule has 0 bridgehead atoms. The Morgan fingerprint density at radius 3 is 2.92 bits per heavy atom. The van der Waals surface area contributed by atoms with Crippen molar-refractivity contribution in [3.63, 3.8) is 0 Å². The molecule has 1 amide bonds. The van der Waals surface area contributed by atoms with Gasteiger partial charge in [-0.15, -0.1) is 0 Å². The van der Waals surface area contributed by atoms with E-state index in [1.54, 1.807) is 12.4 Å². The van der Waals surface area contributed by atoms with Crippen molar-refractivity contribution in [3.05, 3.63) is 60.0 Å². The van der Waals surface area contributed by atoms with Crippen molar-refractivity contribution in [3.8, 4) is 0 Å². The number of rotatable bonds is 4. The lowest BCUT2D eigenvalue weighted by molar-refractivity contribution is 0.0921. The highest BCUT2D eigenvalue weighted by Crippen LogP contribution is 2.20. The number of nitrogens with zero attached hydrogens (tertiary/aromatic N) is 2. The third-order valence-electron chi connectivity index (χ3n) is 4.45. The Labute approximate surface area is 139 Å². The Hall–Kier alpha value is -2.73. The lowest BCUT2D eigenvalue weighted by atomic mass is 9.95. The number of nitrogens with one attached hydrogen (secondary N) is 2. The normalized spacial score (nSPS) is 20.3. The summed E-state index contributed by atoms with van der Waals surface area (Å²) in [5, 5.41) is 11.0. The topological polar surface area (TPSA) is 79.9 Å². The molecule has 6 nitrogen and oxygen atoms in total. The summed E-state index contributed by atoms with van der Waals surface area (Å²) >= 11 is 0. The number of H-pyrrole nitrogens is 1. The molecular formula is C18H18N4O2. The molecule has 0 radical (unpaired) electrons. The van der Waals surface area contributed by atoms with Gasteiger partial charge in [-0.25, -0.2) is 0 Å². The molecule has 4 rings (SSSR count). The molecule has 0 spiro atoms. The molecule has 1 aliphatic rings. The van der Waals surface area contributed by atoms with Crippen molar-refractivity contribution in [1.82, 2.24) is 20.5 Å². The first kappa shape index (κ1) is 14.8. The van der Waals surface area contributed by atoms with E-state index in [9.17, 15) is 4.79 Å². The number of ether oxygens (including phenoxy) is 1. The molecule has 3 aromatic rings. The minimum absolute atomic E-state index is 0.0128. The Morgan fingerprint density at radius 1 is 1.21 bits per heavy atom. The van der Waals surface area contributed by atoms with Gasteiger partial charge in [0.15, 0.2) is 5.69 Å². The Balaban J connectivity index is 1.48. The third kappa shape index (κ3) is 2.88. The van der Waals surface area contributed by atoms with Gasteiger partial charge in [-0.2, -0.15) is 5.10 Å². The van der Waals surface area contributed by atoms with E-state index in [0.717, 1.165) is 17.3 Å². The number of amides is 1. The highest BCUT2D eigenvalue weighted by molar-refractivity contribution is 6.04. The van der Waals surface area contributed by atoms with Crippen LogP contribution in [0.15, 0.2) is 48.8 Å². The summed E-state index contributed by atoms with van der Waals surface area (Å²) in [5.41, 5.74) is 2.49. The second-order valence-corrected chi connectivity index (χ2v) is 6.05. The number of hydrogen-bond donors (Lipinski definition) is 2. The standard InChI is InChI=1S/C18H18N4O2/c23-18(17-14-3-1-2-4-15(14)21-22-17)20-16-11-24-10-13(16)9-12-5-7-19-8-6-12/h1-8,13,16H,9-11H2,(H,20,23)(H,21,22)/t13-,16-/m1/s1. The van der Waals surface area contributed by atoms with Gasteiger partial charge in [-0.3, -0.25) is 14.9 Å². The zero-order chi connectivity index (χ0) is 16.4. The lowest BCUT2D eigenvalue weighted by Crippen LogP contribution is -2.40. The lowest BCUT2D eigenvalue weighted by Gasteiger charge is -2.18. The van der Waals surface area contributed by atoms with Crippen molar-refractivity contribution in [2.45, 2.75) is 12.5 Å². The quantitative estimate of drug-likeness (QED) is 0.769. The number of aromatic amines is 1. The maximum atomic E-state index is 12.6. The van der Waals surface area contributed by atoms with Gasteiger partial charge in [0.25, 0.3) is 5.91 Å². The van der Waals surface area contributed by atoms with Crippen LogP contribution in [0, 0.1) is 5.92 Å². The number of hydrogen-bond acceptors (Lipinski definition) is 4. The fourth-order valence-corrected chi connectivity index (χ4v) is 3.15. The van der Waals surface area contributed by atoms with Crippen LogP contribution >= 0.6 is 0 Å². The average Bonchev–Trinajstić information content (AvgIpc) is 3.23. The van der Waals surface area contributed by atoms with Gasteiger partial charge in [0.1, 0.15) is 0 Å². The van der Waals surface area contributed by atoms with Crippen LogP contribution in [-0.4, -0.2) is 40.3 Å². The molecule has 24 heavy (non-hydrogen) atoms. The van der Waals surface area contributed by atoms with E-state index in [2.05, 4.69) is 20.5 Å². The first-order valence-corrected chi connectivity index (χ1v) is 8.02. The number of para-hydroxylation sites is 1. The van der Waals surface area contributed by atoms with Gasteiger partial charge in [0.2, 0.25) is 0 Å². The SMILES string of the molecule is O=C(N[C@@H]1COC[C@H]1Cc1ccncc1)c1n[nH]c2ccccc12.